The van der Waals surface area contributed by atoms with Crippen LogP contribution < -0.4 is 4.74 Å². The smallest absolute Gasteiger partial charge is 0.338 e. The van der Waals surface area contributed by atoms with E-state index in [0.29, 0.717) is 23.6 Å². The van der Waals surface area contributed by atoms with Crippen LogP contribution >= 0.6 is 0 Å². The van der Waals surface area contributed by atoms with Crippen LogP contribution in [0.1, 0.15) is 21.5 Å². The molecule has 0 aliphatic rings. The molecule has 0 atom stereocenters. The van der Waals surface area contributed by atoms with Crippen molar-refractivity contribution < 1.29 is 14.3 Å². The van der Waals surface area contributed by atoms with Crippen LogP contribution in [0.15, 0.2) is 49.2 Å². The van der Waals surface area contributed by atoms with Gasteiger partial charge in [0.15, 0.2) is 0 Å². The molecular weight excluding hydrogens is 254 g/mol. The molecule has 0 saturated heterocycles. The van der Waals surface area contributed by atoms with Gasteiger partial charge in [-0.2, -0.15) is 0 Å². The number of ether oxygens (including phenoxy) is 2. The van der Waals surface area contributed by atoms with Crippen molar-refractivity contribution in [3.8, 4) is 5.88 Å². The number of carbonyl (C=O) groups excluding carboxylic acids is 1. The molecule has 0 unspecified atom stereocenters. The van der Waals surface area contributed by atoms with Gasteiger partial charge in [0.2, 0.25) is 5.88 Å². The van der Waals surface area contributed by atoms with E-state index in [1.807, 2.05) is 30.3 Å². The maximum Gasteiger partial charge on any atom is 0.338 e. The fourth-order valence-corrected chi connectivity index (χ4v) is 1.71. The Kier molecular flexibility index (Phi) is 4.50. The summed E-state index contributed by atoms with van der Waals surface area (Å²) in [7, 11) is 1.33. The average molecular weight is 269 g/mol. The molecule has 102 valence electrons. The lowest BCUT2D eigenvalue weighted by Crippen LogP contribution is -2.06. The molecule has 1 heterocycles. The number of rotatable bonds is 5. The Bertz CT molecular complexity index is 608. The van der Waals surface area contributed by atoms with Crippen molar-refractivity contribution in [1.82, 2.24) is 4.98 Å². The summed E-state index contributed by atoms with van der Waals surface area (Å²) in [5, 5.41) is 0. The molecule has 1 aromatic carbocycles. The second-order valence-electron chi connectivity index (χ2n) is 4.08. The van der Waals surface area contributed by atoms with Crippen LogP contribution in [0.25, 0.3) is 6.08 Å². The summed E-state index contributed by atoms with van der Waals surface area (Å²) in [5.41, 5.74) is 2.03. The van der Waals surface area contributed by atoms with Gasteiger partial charge in [0.25, 0.3) is 0 Å². The predicted molar refractivity (Wildman–Crippen MR) is 76.4 cm³/mol. The van der Waals surface area contributed by atoms with Gasteiger partial charge in [-0.1, -0.05) is 43.0 Å². The fraction of sp³-hybridized carbons (Fsp3) is 0.125. The number of hydrogen-bond acceptors (Lipinski definition) is 4. The highest BCUT2D eigenvalue weighted by molar-refractivity contribution is 5.93. The minimum absolute atomic E-state index is 0.375. The second-order valence-corrected chi connectivity index (χ2v) is 4.08. The topological polar surface area (TPSA) is 48.4 Å². The first-order chi connectivity index (χ1) is 9.74. The molecule has 0 fully saturated rings. The zero-order chi connectivity index (χ0) is 14.4. The van der Waals surface area contributed by atoms with Crippen LogP contribution in [0.4, 0.5) is 0 Å². The molecule has 0 amide bonds. The van der Waals surface area contributed by atoms with E-state index in [0.717, 1.165) is 5.56 Å². The van der Waals surface area contributed by atoms with Gasteiger partial charge in [-0.05, 0) is 5.56 Å². The molecule has 1 aromatic heterocycles. The molecule has 0 radical (unpaired) electrons. The SMILES string of the molecule is C=Cc1cnc(OCc2ccccc2)cc1C(=O)OC. The first kappa shape index (κ1) is 13.8. The number of benzene rings is 1. The third kappa shape index (κ3) is 3.23. The summed E-state index contributed by atoms with van der Waals surface area (Å²) in [6.45, 7) is 4.03. The normalized spacial score (nSPS) is 9.85. The van der Waals surface area contributed by atoms with Crippen molar-refractivity contribution in [2.45, 2.75) is 6.61 Å². The van der Waals surface area contributed by atoms with E-state index in [9.17, 15) is 4.79 Å². The molecule has 0 aliphatic carbocycles. The van der Waals surface area contributed by atoms with Crippen LogP contribution in [0.3, 0.4) is 0 Å². The molecule has 4 heteroatoms. The van der Waals surface area contributed by atoms with E-state index in [1.165, 1.54) is 7.11 Å². The van der Waals surface area contributed by atoms with Gasteiger partial charge < -0.3 is 9.47 Å². The van der Waals surface area contributed by atoms with Gasteiger partial charge in [-0.15, -0.1) is 0 Å². The highest BCUT2D eigenvalue weighted by Gasteiger charge is 2.12. The summed E-state index contributed by atoms with van der Waals surface area (Å²) in [4.78, 5) is 15.8. The minimum atomic E-state index is -0.438. The van der Waals surface area contributed by atoms with Gasteiger partial charge >= 0.3 is 5.97 Å². The summed E-state index contributed by atoms with van der Waals surface area (Å²) in [6.07, 6.45) is 3.10. The monoisotopic (exact) mass is 269 g/mol. The standard InChI is InChI=1S/C16H15NO3/c1-3-13-10-17-15(9-14(13)16(18)19-2)20-11-12-7-5-4-6-8-12/h3-10H,1,11H2,2H3. The number of methoxy groups -OCH3 is 1. The minimum Gasteiger partial charge on any atom is -0.473 e. The highest BCUT2D eigenvalue weighted by Crippen LogP contribution is 2.17. The first-order valence-electron chi connectivity index (χ1n) is 6.12. The molecule has 2 aromatic rings. The van der Waals surface area contributed by atoms with Crippen LogP contribution in [0.2, 0.25) is 0 Å². The quantitative estimate of drug-likeness (QED) is 0.783. The van der Waals surface area contributed by atoms with Crippen LogP contribution in [0.5, 0.6) is 5.88 Å². The van der Waals surface area contributed by atoms with E-state index < -0.39 is 5.97 Å². The lowest BCUT2D eigenvalue weighted by atomic mass is 10.1. The molecule has 0 spiro atoms. The molecule has 4 nitrogen and oxygen atoms in total. The van der Waals surface area contributed by atoms with Crippen LogP contribution in [-0.4, -0.2) is 18.1 Å². The van der Waals surface area contributed by atoms with Crippen molar-refractivity contribution in [2.24, 2.45) is 0 Å². The largest absolute Gasteiger partial charge is 0.473 e. The van der Waals surface area contributed by atoms with E-state index in [-0.39, 0.29) is 0 Å². The number of hydrogen-bond donors (Lipinski definition) is 0. The molecule has 0 bridgehead atoms. The van der Waals surface area contributed by atoms with Gasteiger partial charge in [-0.3, -0.25) is 0 Å². The predicted octanol–water partition coefficient (Wildman–Crippen LogP) is 3.09. The van der Waals surface area contributed by atoms with E-state index in [1.54, 1.807) is 18.3 Å². The Labute approximate surface area is 117 Å². The Balaban J connectivity index is 2.17. The van der Waals surface area contributed by atoms with E-state index in [2.05, 4.69) is 11.6 Å². The second kappa shape index (κ2) is 6.52. The number of aromatic nitrogens is 1. The Hall–Kier alpha value is -2.62. The highest BCUT2D eigenvalue weighted by atomic mass is 16.5. The maximum absolute atomic E-state index is 11.7. The number of carbonyl (C=O) groups is 1. The van der Waals surface area contributed by atoms with Crippen molar-refractivity contribution in [3.05, 3.63) is 65.9 Å². The third-order valence-corrected chi connectivity index (χ3v) is 2.76. The Morgan fingerprint density at radius 2 is 2.10 bits per heavy atom. The lowest BCUT2D eigenvalue weighted by molar-refractivity contribution is 0.0599. The van der Waals surface area contributed by atoms with Gasteiger partial charge in [0.1, 0.15) is 6.61 Å². The zero-order valence-electron chi connectivity index (χ0n) is 11.2. The Morgan fingerprint density at radius 3 is 2.75 bits per heavy atom. The van der Waals surface area contributed by atoms with Crippen molar-refractivity contribution >= 4 is 12.0 Å². The summed E-state index contributed by atoms with van der Waals surface area (Å²) < 4.78 is 10.3. The number of pyridine rings is 1. The maximum atomic E-state index is 11.7. The molecular formula is C16H15NO3. The van der Waals surface area contributed by atoms with Gasteiger partial charge in [-0.25, -0.2) is 9.78 Å². The molecule has 0 N–H and O–H groups in total. The average Bonchev–Trinajstić information content (AvgIpc) is 2.52. The first-order valence-corrected chi connectivity index (χ1v) is 6.12. The third-order valence-electron chi connectivity index (χ3n) is 2.76. The summed E-state index contributed by atoms with van der Waals surface area (Å²) in [6, 6.07) is 11.3. The van der Waals surface area contributed by atoms with Crippen molar-refractivity contribution in [3.63, 3.8) is 0 Å². The van der Waals surface area contributed by atoms with E-state index in [4.69, 9.17) is 9.47 Å². The number of nitrogens with zero attached hydrogens (tertiary/aromatic N) is 1. The molecule has 0 aliphatic heterocycles. The fourth-order valence-electron chi connectivity index (χ4n) is 1.71. The number of esters is 1. The van der Waals surface area contributed by atoms with Crippen LogP contribution in [0, 0.1) is 0 Å². The van der Waals surface area contributed by atoms with Crippen molar-refractivity contribution in [2.75, 3.05) is 7.11 Å². The summed E-state index contributed by atoms with van der Waals surface area (Å²) in [5.74, 6) is -0.0632. The van der Waals surface area contributed by atoms with Gasteiger partial charge in [0, 0.05) is 17.8 Å². The molecule has 2 rings (SSSR count). The Morgan fingerprint density at radius 1 is 1.35 bits per heavy atom. The zero-order valence-corrected chi connectivity index (χ0v) is 11.2. The summed E-state index contributed by atoms with van der Waals surface area (Å²) >= 11 is 0. The van der Waals surface area contributed by atoms with E-state index >= 15 is 0 Å². The molecule has 20 heavy (non-hydrogen) atoms. The van der Waals surface area contributed by atoms with Crippen molar-refractivity contribution in [1.29, 1.82) is 0 Å². The van der Waals surface area contributed by atoms with Gasteiger partial charge in [0.05, 0.1) is 12.7 Å². The van der Waals surface area contributed by atoms with Crippen LogP contribution in [-0.2, 0) is 11.3 Å². The lowest BCUT2D eigenvalue weighted by Gasteiger charge is -2.08. The molecule has 0 saturated carbocycles.